The average molecular weight is 224 g/mol. The van der Waals surface area contributed by atoms with Gasteiger partial charge in [-0.05, 0) is 0 Å². The molecule has 0 aliphatic carbocycles. The number of nitrogens with zero attached hydrogens (tertiary/aromatic N) is 4. The van der Waals surface area contributed by atoms with Crippen LogP contribution in [0.25, 0.3) is 0 Å². The zero-order valence-electron chi connectivity index (χ0n) is 6.92. The molecule has 75 valence electrons. The van der Waals surface area contributed by atoms with E-state index in [0.717, 1.165) is 0 Å². The first-order chi connectivity index (χ1) is 5.66. The van der Waals surface area contributed by atoms with Gasteiger partial charge in [-0.25, -0.2) is 21.0 Å². The summed E-state index contributed by atoms with van der Waals surface area (Å²) in [5.74, 6) is 0. The SMILES string of the molecule is [CH2-]C#N.[CH2-]C#N.[CH2-]C#N.[CH2-]C#N.[Cu]. The zero-order chi connectivity index (χ0) is 10.8. The topological polar surface area (TPSA) is 95.2 Å². The van der Waals surface area contributed by atoms with Gasteiger partial charge in [0.1, 0.15) is 0 Å². The van der Waals surface area contributed by atoms with Gasteiger partial charge in [0.2, 0.25) is 0 Å². The summed E-state index contributed by atoms with van der Waals surface area (Å²) in [7, 11) is 0. The maximum absolute atomic E-state index is 7.21. The Balaban J connectivity index is -0.0000000213. The Morgan fingerprint density at radius 1 is 0.538 bits per heavy atom. The molecule has 0 saturated heterocycles. The van der Waals surface area contributed by atoms with E-state index in [1.165, 1.54) is 24.3 Å². The zero-order valence-corrected chi connectivity index (χ0v) is 7.86. The van der Waals surface area contributed by atoms with Crippen LogP contribution in [0.5, 0.6) is 0 Å². The summed E-state index contributed by atoms with van der Waals surface area (Å²) in [5.41, 5.74) is 0. The Morgan fingerprint density at radius 2 is 0.538 bits per heavy atom. The monoisotopic (exact) mass is 223 g/mol. The van der Waals surface area contributed by atoms with Gasteiger partial charge in [0.25, 0.3) is 0 Å². The van der Waals surface area contributed by atoms with Gasteiger partial charge in [0.15, 0.2) is 0 Å². The second kappa shape index (κ2) is 208. The minimum atomic E-state index is 0. The van der Waals surface area contributed by atoms with E-state index in [-0.39, 0.29) is 17.1 Å². The number of hydrogen-bond acceptors (Lipinski definition) is 4. The fourth-order valence-electron chi connectivity index (χ4n) is 0. The van der Waals surface area contributed by atoms with Gasteiger partial charge in [-0.1, -0.05) is 0 Å². The van der Waals surface area contributed by atoms with Crippen LogP contribution < -0.4 is 0 Å². The van der Waals surface area contributed by atoms with Crippen LogP contribution in [0.4, 0.5) is 0 Å². The van der Waals surface area contributed by atoms with E-state index < -0.39 is 0 Å². The van der Waals surface area contributed by atoms with Crippen molar-refractivity contribution in [3.63, 3.8) is 0 Å². The fraction of sp³-hybridized carbons (Fsp3) is 0. The molecule has 0 N–H and O–H groups in total. The van der Waals surface area contributed by atoms with Crippen LogP contribution in [0.2, 0.25) is 0 Å². The third kappa shape index (κ3) is 152. The minimum absolute atomic E-state index is 0. The van der Waals surface area contributed by atoms with Crippen molar-refractivity contribution in [3.8, 4) is 24.3 Å². The van der Waals surface area contributed by atoms with Crippen LogP contribution in [-0.4, -0.2) is 0 Å². The Labute approximate surface area is 90.5 Å². The Morgan fingerprint density at radius 3 is 0.538 bits per heavy atom. The molecule has 0 saturated carbocycles. The molecule has 0 unspecified atom stereocenters. The first-order valence-electron chi connectivity index (χ1n) is 2.31. The average Bonchev–Trinajstić information content (AvgIpc) is 1.92. The number of nitriles is 4. The second-order valence-corrected chi connectivity index (χ2v) is 0.632. The maximum Gasteiger partial charge on any atom is 0 e. The van der Waals surface area contributed by atoms with Crippen molar-refractivity contribution in [2.75, 3.05) is 0 Å². The van der Waals surface area contributed by atoms with E-state index in [0.29, 0.717) is 0 Å². The van der Waals surface area contributed by atoms with Crippen molar-refractivity contribution in [1.29, 1.82) is 21.0 Å². The van der Waals surface area contributed by atoms with Gasteiger partial charge >= 0.3 is 0 Å². The van der Waals surface area contributed by atoms with E-state index in [1.54, 1.807) is 0 Å². The van der Waals surface area contributed by atoms with Crippen LogP contribution in [0.1, 0.15) is 0 Å². The molecule has 0 aromatic carbocycles. The van der Waals surface area contributed by atoms with Gasteiger partial charge < -0.3 is 27.7 Å². The van der Waals surface area contributed by atoms with E-state index in [9.17, 15) is 0 Å². The molecule has 0 rings (SSSR count). The summed E-state index contributed by atoms with van der Waals surface area (Å²) in [6, 6.07) is 6.00. The van der Waals surface area contributed by atoms with Gasteiger partial charge in [-0.2, -0.15) is 0 Å². The molecule has 1 radical (unpaired) electrons. The molecule has 0 atom stereocenters. The molecule has 0 aliphatic rings. The molecule has 0 bridgehead atoms. The fourth-order valence-corrected chi connectivity index (χ4v) is 0. The first-order valence-corrected chi connectivity index (χ1v) is 2.31. The third-order valence-corrected chi connectivity index (χ3v) is 0. The molecular formula is C8H8CuN4-4. The predicted octanol–water partition coefficient (Wildman–Crippen LogP) is 1.37. The summed E-state index contributed by atoms with van der Waals surface area (Å²) in [6.45, 7) is 11.2. The van der Waals surface area contributed by atoms with E-state index in [2.05, 4.69) is 27.7 Å². The maximum atomic E-state index is 7.21. The van der Waals surface area contributed by atoms with Gasteiger partial charge in [-0.15, -0.1) is 24.3 Å². The summed E-state index contributed by atoms with van der Waals surface area (Å²) in [4.78, 5) is 0. The summed E-state index contributed by atoms with van der Waals surface area (Å²) < 4.78 is 0. The van der Waals surface area contributed by atoms with Crippen LogP contribution in [0, 0.1) is 73.0 Å². The molecule has 0 amide bonds. The summed E-state index contributed by atoms with van der Waals surface area (Å²) >= 11 is 0. The van der Waals surface area contributed by atoms with Gasteiger partial charge in [0.05, 0.1) is 0 Å². The smallest absolute Gasteiger partial charge is 0 e. The van der Waals surface area contributed by atoms with Crippen LogP contribution in [0.15, 0.2) is 0 Å². The largest absolute Gasteiger partial charge is 0.305 e. The molecule has 0 heterocycles. The van der Waals surface area contributed by atoms with Crippen LogP contribution in [-0.2, 0) is 17.1 Å². The van der Waals surface area contributed by atoms with E-state index in [4.69, 9.17) is 21.0 Å². The van der Waals surface area contributed by atoms with Crippen LogP contribution >= 0.6 is 0 Å². The van der Waals surface area contributed by atoms with Crippen molar-refractivity contribution in [2.45, 2.75) is 0 Å². The molecule has 0 aliphatic heterocycles. The number of hydrogen-bond donors (Lipinski definition) is 0. The molecule has 0 fully saturated rings. The Bertz CT molecular complexity index is 150. The molecule has 0 spiro atoms. The Hall–Kier alpha value is -2.04. The minimum Gasteiger partial charge on any atom is -0.305 e. The van der Waals surface area contributed by atoms with Crippen molar-refractivity contribution in [3.05, 3.63) is 27.7 Å². The van der Waals surface area contributed by atoms with Crippen molar-refractivity contribution in [2.24, 2.45) is 0 Å². The molecule has 13 heavy (non-hydrogen) atoms. The van der Waals surface area contributed by atoms with Crippen molar-refractivity contribution < 1.29 is 17.1 Å². The molecule has 0 aromatic rings. The van der Waals surface area contributed by atoms with Crippen molar-refractivity contribution in [1.82, 2.24) is 0 Å². The quantitative estimate of drug-likeness (QED) is 0.458. The molecular weight excluding hydrogens is 216 g/mol. The van der Waals surface area contributed by atoms with E-state index >= 15 is 0 Å². The first kappa shape index (κ1) is 30.6. The Kier molecular flexibility index (Phi) is 490. The predicted molar refractivity (Wildman–Crippen MR) is 43.9 cm³/mol. The van der Waals surface area contributed by atoms with E-state index in [1.807, 2.05) is 0 Å². The summed E-state index contributed by atoms with van der Waals surface area (Å²) in [5, 5.41) is 28.8. The van der Waals surface area contributed by atoms with Crippen LogP contribution in [0.3, 0.4) is 0 Å². The number of rotatable bonds is 0. The molecule has 0 aromatic heterocycles. The van der Waals surface area contributed by atoms with Crippen molar-refractivity contribution >= 4 is 0 Å². The normalized spacial score (nSPS) is 2.15. The second-order valence-electron chi connectivity index (χ2n) is 0.632. The summed E-state index contributed by atoms with van der Waals surface area (Å²) in [6.07, 6.45) is 0. The standard InChI is InChI=1S/4C2H2N.Cu/c4*1-2-3;/h4*1H2;/q4*-1;. The molecule has 4 nitrogen and oxygen atoms in total. The van der Waals surface area contributed by atoms with Gasteiger partial charge in [-0.3, -0.25) is 0 Å². The van der Waals surface area contributed by atoms with Gasteiger partial charge in [0, 0.05) is 17.1 Å². The molecule has 5 heteroatoms. The third-order valence-electron chi connectivity index (χ3n) is 0.